The van der Waals surface area contributed by atoms with Gasteiger partial charge in [0.15, 0.2) is 0 Å². The number of fused-ring (bicyclic) bond motifs is 12. The van der Waals surface area contributed by atoms with Gasteiger partial charge in [0.25, 0.3) is 0 Å². The van der Waals surface area contributed by atoms with E-state index in [0.717, 1.165) is 67.2 Å². The second-order valence-corrected chi connectivity index (χ2v) is 11.6. The molecule has 44 heavy (non-hydrogen) atoms. The standard InChI is InChI=1S/C41H24O3/c1-4-15-31-26(10-1)27-11-2-5-16-32(27)41(31)33-17-6-8-19-38(33)43-39-24-25(20-21-34(39)41)35-22-23-37(42-35)30-14-9-13-29-28-12-3-7-18-36(28)44-40(29)30/h1-24H. The molecule has 2 aromatic heterocycles. The van der Waals surface area contributed by atoms with Crippen molar-refractivity contribution < 1.29 is 13.6 Å². The summed E-state index contributed by atoms with van der Waals surface area (Å²) >= 11 is 0. The van der Waals surface area contributed by atoms with Crippen molar-refractivity contribution in [3.8, 4) is 45.3 Å². The molecular weight excluding hydrogens is 540 g/mol. The van der Waals surface area contributed by atoms with E-state index in [1.54, 1.807) is 0 Å². The van der Waals surface area contributed by atoms with Crippen LogP contribution >= 0.6 is 0 Å². The summed E-state index contributed by atoms with van der Waals surface area (Å²) in [4.78, 5) is 0. The molecule has 2 aliphatic rings. The van der Waals surface area contributed by atoms with E-state index in [1.165, 1.54) is 22.3 Å². The Morgan fingerprint density at radius 3 is 1.89 bits per heavy atom. The zero-order chi connectivity index (χ0) is 28.8. The molecule has 0 saturated heterocycles. The van der Waals surface area contributed by atoms with Gasteiger partial charge in [0.05, 0.1) is 11.0 Å². The molecule has 0 N–H and O–H groups in total. The van der Waals surface area contributed by atoms with Crippen LogP contribution in [0.2, 0.25) is 0 Å². The van der Waals surface area contributed by atoms with E-state index < -0.39 is 5.41 Å². The molecule has 10 rings (SSSR count). The molecule has 0 amide bonds. The Kier molecular flexibility index (Phi) is 4.65. The van der Waals surface area contributed by atoms with Gasteiger partial charge in [-0.15, -0.1) is 0 Å². The zero-order valence-electron chi connectivity index (χ0n) is 23.6. The first-order valence-electron chi connectivity index (χ1n) is 14.9. The average molecular weight is 565 g/mol. The summed E-state index contributed by atoms with van der Waals surface area (Å²) < 4.78 is 19.5. The third kappa shape index (κ3) is 3.00. The summed E-state index contributed by atoms with van der Waals surface area (Å²) in [6, 6.07) is 50.9. The van der Waals surface area contributed by atoms with Gasteiger partial charge in [0.2, 0.25) is 0 Å². The fourth-order valence-electron chi connectivity index (χ4n) is 7.59. The van der Waals surface area contributed by atoms with Crippen LogP contribution in [-0.2, 0) is 5.41 Å². The molecule has 8 aromatic rings. The van der Waals surface area contributed by atoms with Gasteiger partial charge in [-0.3, -0.25) is 0 Å². The number of hydrogen-bond donors (Lipinski definition) is 0. The summed E-state index contributed by atoms with van der Waals surface area (Å²) in [5.74, 6) is 3.26. The van der Waals surface area contributed by atoms with Crippen LogP contribution in [0.15, 0.2) is 154 Å². The predicted molar refractivity (Wildman–Crippen MR) is 174 cm³/mol. The van der Waals surface area contributed by atoms with Crippen LogP contribution < -0.4 is 4.74 Å². The minimum absolute atomic E-state index is 0.471. The topological polar surface area (TPSA) is 35.5 Å². The molecule has 3 heterocycles. The molecule has 1 spiro atoms. The monoisotopic (exact) mass is 564 g/mol. The maximum atomic E-state index is 6.68. The highest BCUT2D eigenvalue weighted by molar-refractivity contribution is 6.09. The summed E-state index contributed by atoms with van der Waals surface area (Å²) in [6.07, 6.45) is 0. The van der Waals surface area contributed by atoms with Gasteiger partial charge in [-0.25, -0.2) is 0 Å². The molecule has 0 radical (unpaired) electrons. The SMILES string of the molecule is c1ccc2c(c1)Oc1cc(-c3ccc(-c4cccc5c4oc4ccccc45)o3)ccc1C21c2ccccc2-c2ccccc21. The zero-order valence-corrected chi connectivity index (χ0v) is 23.6. The number of ether oxygens (including phenoxy) is 1. The molecule has 3 heteroatoms. The number of hydrogen-bond acceptors (Lipinski definition) is 3. The van der Waals surface area contributed by atoms with Crippen molar-refractivity contribution in [1.29, 1.82) is 0 Å². The lowest BCUT2D eigenvalue weighted by molar-refractivity contribution is 0.436. The lowest BCUT2D eigenvalue weighted by Crippen LogP contribution is -2.32. The normalized spacial score (nSPS) is 13.8. The molecule has 1 aliphatic heterocycles. The van der Waals surface area contributed by atoms with E-state index in [-0.39, 0.29) is 0 Å². The van der Waals surface area contributed by atoms with Crippen LogP contribution in [0.3, 0.4) is 0 Å². The first kappa shape index (κ1) is 23.7. The van der Waals surface area contributed by atoms with Crippen molar-refractivity contribution in [3.63, 3.8) is 0 Å². The number of rotatable bonds is 2. The minimum Gasteiger partial charge on any atom is -0.457 e. The van der Waals surface area contributed by atoms with Crippen LogP contribution in [0.25, 0.3) is 55.7 Å². The molecule has 0 saturated carbocycles. The van der Waals surface area contributed by atoms with Crippen LogP contribution in [0, 0.1) is 0 Å². The first-order chi connectivity index (χ1) is 21.8. The van der Waals surface area contributed by atoms with Crippen molar-refractivity contribution in [2.75, 3.05) is 0 Å². The number of para-hydroxylation sites is 3. The smallest absolute Gasteiger partial charge is 0.146 e. The third-order valence-electron chi connectivity index (χ3n) is 9.41. The molecule has 3 nitrogen and oxygen atoms in total. The van der Waals surface area contributed by atoms with E-state index in [2.05, 4.69) is 109 Å². The predicted octanol–water partition coefficient (Wildman–Crippen LogP) is 11.0. The molecule has 6 aromatic carbocycles. The van der Waals surface area contributed by atoms with Crippen molar-refractivity contribution in [2.24, 2.45) is 0 Å². The van der Waals surface area contributed by atoms with Gasteiger partial charge in [0.1, 0.15) is 34.2 Å². The van der Waals surface area contributed by atoms with E-state index >= 15 is 0 Å². The van der Waals surface area contributed by atoms with Gasteiger partial charge in [-0.1, -0.05) is 109 Å². The second-order valence-electron chi connectivity index (χ2n) is 11.6. The van der Waals surface area contributed by atoms with Crippen molar-refractivity contribution in [1.82, 2.24) is 0 Å². The Morgan fingerprint density at radius 2 is 1.05 bits per heavy atom. The maximum Gasteiger partial charge on any atom is 0.146 e. The Bertz CT molecular complexity index is 2390. The Hall–Kier alpha value is -5.80. The molecule has 0 bridgehead atoms. The fourth-order valence-corrected chi connectivity index (χ4v) is 7.59. The van der Waals surface area contributed by atoms with Gasteiger partial charge < -0.3 is 13.6 Å². The highest BCUT2D eigenvalue weighted by Gasteiger charge is 2.50. The third-order valence-corrected chi connectivity index (χ3v) is 9.41. The van der Waals surface area contributed by atoms with Crippen LogP contribution in [0.1, 0.15) is 22.3 Å². The van der Waals surface area contributed by atoms with Gasteiger partial charge in [-0.05, 0) is 58.7 Å². The Labute approximate surface area is 253 Å². The number of benzene rings is 6. The van der Waals surface area contributed by atoms with E-state index in [1.807, 2.05) is 36.4 Å². The summed E-state index contributed by atoms with van der Waals surface area (Å²) in [5.41, 5.74) is 10.5. The molecular formula is C41H24O3. The molecule has 0 fully saturated rings. The molecule has 0 unspecified atom stereocenters. The second kappa shape index (κ2) is 8.62. The largest absolute Gasteiger partial charge is 0.457 e. The maximum absolute atomic E-state index is 6.68. The molecule has 206 valence electrons. The highest BCUT2D eigenvalue weighted by atomic mass is 16.5. The summed E-state index contributed by atoms with van der Waals surface area (Å²) in [6.45, 7) is 0. The van der Waals surface area contributed by atoms with Crippen LogP contribution in [0.4, 0.5) is 0 Å². The summed E-state index contributed by atoms with van der Waals surface area (Å²) in [5, 5.41) is 2.19. The molecule has 1 aliphatic carbocycles. The van der Waals surface area contributed by atoms with Gasteiger partial charge in [-0.2, -0.15) is 0 Å². The average Bonchev–Trinajstić information content (AvgIpc) is 3.79. The lowest BCUT2D eigenvalue weighted by atomic mass is 9.66. The van der Waals surface area contributed by atoms with E-state index in [9.17, 15) is 0 Å². The van der Waals surface area contributed by atoms with Gasteiger partial charge >= 0.3 is 0 Å². The van der Waals surface area contributed by atoms with Crippen molar-refractivity contribution in [2.45, 2.75) is 5.41 Å². The van der Waals surface area contributed by atoms with Crippen LogP contribution in [0.5, 0.6) is 11.5 Å². The first-order valence-corrected chi connectivity index (χ1v) is 14.9. The van der Waals surface area contributed by atoms with Crippen molar-refractivity contribution >= 4 is 21.9 Å². The van der Waals surface area contributed by atoms with E-state index in [4.69, 9.17) is 13.6 Å². The van der Waals surface area contributed by atoms with Crippen molar-refractivity contribution in [3.05, 3.63) is 168 Å². The fraction of sp³-hybridized carbons (Fsp3) is 0.0244. The summed E-state index contributed by atoms with van der Waals surface area (Å²) in [7, 11) is 0. The Morgan fingerprint density at radius 1 is 0.409 bits per heavy atom. The Balaban J connectivity index is 1.15. The highest BCUT2D eigenvalue weighted by Crippen LogP contribution is 2.62. The van der Waals surface area contributed by atoms with E-state index in [0.29, 0.717) is 0 Å². The quantitative estimate of drug-likeness (QED) is 0.209. The number of furan rings is 2. The minimum atomic E-state index is -0.471. The van der Waals surface area contributed by atoms with Crippen LogP contribution in [-0.4, -0.2) is 0 Å². The lowest BCUT2D eigenvalue weighted by Gasteiger charge is -2.39. The molecule has 0 atom stereocenters. The van der Waals surface area contributed by atoms with Gasteiger partial charge in [0, 0.05) is 27.5 Å².